The molecule has 1 saturated heterocycles. The van der Waals surface area contributed by atoms with E-state index < -0.39 is 9.84 Å². The standard InChI is InChI=1S/C15H24N2O2S/c1-12(14(16)13-6-4-3-5-7-13)10-17-15(2)8-9-20(18,19)11-15/h3-7,12,14,17H,8-11,16H2,1-2H3. The number of rotatable bonds is 5. The van der Waals surface area contributed by atoms with E-state index in [1.54, 1.807) is 0 Å². The van der Waals surface area contributed by atoms with Crippen molar-refractivity contribution in [1.82, 2.24) is 5.32 Å². The van der Waals surface area contributed by atoms with E-state index >= 15 is 0 Å². The summed E-state index contributed by atoms with van der Waals surface area (Å²) in [5, 5.41) is 3.40. The van der Waals surface area contributed by atoms with Crippen LogP contribution in [0.5, 0.6) is 0 Å². The van der Waals surface area contributed by atoms with Gasteiger partial charge in [-0.05, 0) is 24.8 Å². The van der Waals surface area contributed by atoms with E-state index in [4.69, 9.17) is 5.73 Å². The molecule has 3 atom stereocenters. The molecule has 0 amide bonds. The lowest BCUT2D eigenvalue weighted by molar-refractivity contribution is 0.339. The third-order valence-corrected chi connectivity index (χ3v) is 6.05. The minimum Gasteiger partial charge on any atom is -0.324 e. The second kappa shape index (κ2) is 5.84. The van der Waals surface area contributed by atoms with Crippen molar-refractivity contribution in [2.45, 2.75) is 31.8 Å². The van der Waals surface area contributed by atoms with E-state index in [1.807, 2.05) is 37.3 Å². The molecule has 0 aromatic heterocycles. The number of nitrogens with one attached hydrogen (secondary N) is 1. The van der Waals surface area contributed by atoms with Gasteiger partial charge in [0, 0.05) is 18.1 Å². The smallest absolute Gasteiger partial charge is 0.152 e. The fraction of sp³-hybridized carbons (Fsp3) is 0.600. The van der Waals surface area contributed by atoms with Gasteiger partial charge in [-0.1, -0.05) is 37.3 Å². The number of nitrogens with two attached hydrogens (primary N) is 1. The summed E-state index contributed by atoms with van der Waals surface area (Å²) in [7, 11) is -2.87. The Labute approximate surface area is 121 Å². The van der Waals surface area contributed by atoms with Gasteiger partial charge in [-0.2, -0.15) is 0 Å². The summed E-state index contributed by atoms with van der Waals surface area (Å²) in [6.07, 6.45) is 0.683. The molecule has 4 nitrogen and oxygen atoms in total. The first-order valence-electron chi connectivity index (χ1n) is 7.07. The molecular weight excluding hydrogens is 272 g/mol. The number of sulfone groups is 1. The van der Waals surface area contributed by atoms with Gasteiger partial charge in [0.1, 0.15) is 0 Å². The molecule has 1 aromatic carbocycles. The van der Waals surface area contributed by atoms with Crippen molar-refractivity contribution >= 4 is 9.84 Å². The van der Waals surface area contributed by atoms with Crippen LogP contribution in [-0.2, 0) is 9.84 Å². The van der Waals surface area contributed by atoms with Gasteiger partial charge < -0.3 is 11.1 Å². The van der Waals surface area contributed by atoms with Gasteiger partial charge in [-0.15, -0.1) is 0 Å². The maximum atomic E-state index is 11.6. The lowest BCUT2D eigenvalue weighted by Gasteiger charge is -2.28. The number of hydrogen-bond donors (Lipinski definition) is 2. The van der Waals surface area contributed by atoms with Crippen LogP contribution in [0.25, 0.3) is 0 Å². The minimum absolute atomic E-state index is 0.0367. The molecule has 0 radical (unpaired) electrons. The third-order valence-electron chi connectivity index (χ3n) is 4.15. The Balaban J connectivity index is 1.91. The molecule has 1 aromatic rings. The molecule has 0 spiro atoms. The van der Waals surface area contributed by atoms with Crippen molar-refractivity contribution < 1.29 is 8.42 Å². The maximum absolute atomic E-state index is 11.6. The predicted octanol–water partition coefficient (Wildman–Crippen LogP) is 1.49. The molecule has 112 valence electrons. The fourth-order valence-corrected chi connectivity index (χ4v) is 4.81. The van der Waals surface area contributed by atoms with E-state index in [1.165, 1.54) is 0 Å². The van der Waals surface area contributed by atoms with Crippen LogP contribution < -0.4 is 11.1 Å². The zero-order valence-electron chi connectivity index (χ0n) is 12.2. The van der Waals surface area contributed by atoms with Crippen LogP contribution in [0.2, 0.25) is 0 Å². The average molecular weight is 296 g/mol. The quantitative estimate of drug-likeness (QED) is 0.863. The van der Waals surface area contributed by atoms with Gasteiger partial charge in [-0.3, -0.25) is 0 Å². The summed E-state index contributed by atoms with van der Waals surface area (Å²) in [6, 6.07) is 9.97. The van der Waals surface area contributed by atoms with Crippen LogP contribution >= 0.6 is 0 Å². The highest BCUT2D eigenvalue weighted by molar-refractivity contribution is 7.91. The van der Waals surface area contributed by atoms with Crippen molar-refractivity contribution in [3.05, 3.63) is 35.9 Å². The van der Waals surface area contributed by atoms with E-state index in [2.05, 4.69) is 12.2 Å². The second-order valence-corrected chi connectivity index (χ2v) is 8.38. The Hall–Kier alpha value is -0.910. The molecule has 1 fully saturated rings. The minimum atomic E-state index is -2.87. The van der Waals surface area contributed by atoms with Crippen LogP contribution in [0.3, 0.4) is 0 Å². The summed E-state index contributed by atoms with van der Waals surface area (Å²) in [4.78, 5) is 0. The Morgan fingerprint density at radius 3 is 2.55 bits per heavy atom. The Morgan fingerprint density at radius 1 is 1.35 bits per heavy atom. The first kappa shape index (κ1) is 15.5. The zero-order valence-corrected chi connectivity index (χ0v) is 13.0. The highest BCUT2D eigenvalue weighted by Crippen LogP contribution is 2.24. The largest absolute Gasteiger partial charge is 0.324 e. The molecule has 20 heavy (non-hydrogen) atoms. The van der Waals surface area contributed by atoms with Crippen molar-refractivity contribution in [3.8, 4) is 0 Å². The predicted molar refractivity (Wildman–Crippen MR) is 82.2 cm³/mol. The summed E-state index contributed by atoms with van der Waals surface area (Å²) < 4.78 is 23.2. The van der Waals surface area contributed by atoms with Crippen molar-refractivity contribution in [2.75, 3.05) is 18.1 Å². The van der Waals surface area contributed by atoms with Crippen LogP contribution in [0.1, 0.15) is 31.9 Å². The molecule has 3 N–H and O–H groups in total. The monoisotopic (exact) mass is 296 g/mol. The zero-order chi connectivity index (χ0) is 14.8. The number of hydrogen-bond acceptors (Lipinski definition) is 4. The van der Waals surface area contributed by atoms with Gasteiger partial charge in [0.2, 0.25) is 0 Å². The van der Waals surface area contributed by atoms with Gasteiger partial charge in [0.05, 0.1) is 11.5 Å². The molecule has 0 bridgehead atoms. The third kappa shape index (κ3) is 3.81. The second-order valence-electron chi connectivity index (χ2n) is 6.20. The van der Waals surface area contributed by atoms with Crippen molar-refractivity contribution in [1.29, 1.82) is 0 Å². The molecule has 1 aliphatic heterocycles. The van der Waals surface area contributed by atoms with E-state index in [9.17, 15) is 8.42 Å². The van der Waals surface area contributed by atoms with Gasteiger partial charge in [-0.25, -0.2) is 8.42 Å². The Bertz CT molecular complexity index is 544. The van der Waals surface area contributed by atoms with Crippen molar-refractivity contribution in [3.63, 3.8) is 0 Å². The van der Waals surface area contributed by atoms with Crippen molar-refractivity contribution in [2.24, 2.45) is 11.7 Å². The summed E-state index contributed by atoms with van der Waals surface area (Å²) in [5.74, 6) is 0.764. The lowest BCUT2D eigenvalue weighted by atomic mass is 9.93. The Morgan fingerprint density at radius 2 is 2.00 bits per heavy atom. The first-order valence-corrected chi connectivity index (χ1v) is 8.89. The summed E-state index contributed by atoms with van der Waals surface area (Å²) in [6.45, 7) is 4.80. The summed E-state index contributed by atoms with van der Waals surface area (Å²) >= 11 is 0. The van der Waals surface area contributed by atoms with Gasteiger partial charge in [0.15, 0.2) is 9.84 Å². The van der Waals surface area contributed by atoms with E-state index in [0.29, 0.717) is 6.42 Å². The molecule has 1 aliphatic rings. The molecule has 0 aliphatic carbocycles. The number of benzene rings is 1. The Kier molecular flexibility index (Phi) is 4.52. The maximum Gasteiger partial charge on any atom is 0.152 e. The molecule has 0 saturated carbocycles. The normalized spacial score (nSPS) is 28.1. The molecule has 5 heteroatoms. The van der Waals surface area contributed by atoms with Crippen LogP contribution in [0.4, 0.5) is 0 Å². The molecule has 1 heterocycles. The highest BCUT2D eigenvalue weighted by atomic mass is 32.2. The molecular formula is C15H24N2O2S. The first-order chi connectivity index (χ1) is 9.31. The van der Waals surface area contributed by atoms with Crippen LogP contribution in [0.15, 0.2) is 30.3 Å². The SMILES string of the molecule is CC(CNC1(C)CCS(=O)(=O)C1)C(N)c1ccccc1. The molecule has 3 unspecified atom stereocenters. The summed E-state index contributed by atoms with van der Waals surface area (Å²) in [5.41, 5.74) is 7.08. The van der Waals surface area contributed by atoms with Gasteiger partial charge in [0.25, 0.3) is 0 Å². The lowest BCUT2D eigenvalue weighted by Crippen LogP contribution is -2.46. The van der Waals surface area contributed by atoms with E-state index in [-0.39, 0.29) is 29.0 Å². The topological polar surface area (TPSA) is 72.2 Å². The van der Waals surface area contributed by atoms with Crippen LogP contribution in [-0.4, -0.2) is 32.0 Å². The average Bonchev–Trinajstić information content (AvgIpc) is 2.71. The van der Waals surface area contributed by atoms with E-state index in [0.717, 1.165) is 12.1 Å². The van der Waals surface area contributed by atoms with Gasteiger partial charge >= 0.3 is 0 Å². The van der Waals surface area contributed by atoms with Crippen LogP contribution in [0, 0.1) is 5.92 Å². The fourth-order valence-electron chi connectivity index (χ4n) is 2.69. The highest BCUT2D eigenvalue weighted by Gasteiger charge is 2.38. The molecule has 2 rings (SSSR count).